The van der Waals surface area contributed by atoms with Gasteiger partial charge in [-0.25, -0.2) is 0 Å². The molecule has 112 valence electrons. The molecule has 1 rings (SSSR count). The number of carbonyl (C=O) groups is 1. The smallest absolute Gasteiger partial charge is 0.224 e. The second-order valence-corrected chi connectivity index (χ2v) is 6.12. The van der Waals surface area contributed by atoms with Crippen LogP contribution in [0, 0.1) is 5.92 Å². The fourth-order valence-corrected chi connectivity index (χ4v) is 2.76. The Hall–Kier alpha value is -0.580. The molecular weight excluding hydrogens is 340 g/mol. The molecule has 0 saturated heterocycles. The highest BCUT2D eigenvalue weighted by Crippen LogP contribution is 2.30. The molecule has 0 spiro atoms. The molecule has 0 bridgehead atoms. The van der Waals surface area contributed by atoms with E-state index in [0.717, 1.165) is 30.2 Å². The fraction of sp³-hybridized carbons (Fsp3) is 0.533. The maximum atomic E-state index is 12.0. The molecule has 3 nitrogen and oxygen atoms in total. The molecule has 0 aliphatic rings. The van der Waals surface area contributed by atoms with Gasteiger partial charge in [0.2, 0.25) is 5.91 Å². The lowest BCUT2D eigenvalue weighted by molar-refractivity contribution is -0.116. The van der Waals surface area contributed by atoms with Crippen molar-refractivity contribution in [2.24, 2.45) is 11.7 Å². The fourth-order valence-electron chi connectivity index (χ4n) is 2.23. The average Bonchev–Trinajstić information content (AvgIpc) is 2.42. The van der Waals surface area contributed by atoms with Crippen LogP contribution in [-0.2, 0) is 4.79 Å². The predicted octanol–water partition coefficient (Wildman–Crippen LogP) is 4.59. The van der Waals surface area contributed by atoms with Crippen LogP contribution >= 0.6 is 27.5 Å². The van der Waals surface area contributed by atoms with Crippen molar-refractivity contribution in [3.63, 3.8) is 0 Å². The van der Waals surface area contributed by atoms with E-state index in [9.17, 15) is 4.79 Å². The predicted molar refractivity (Wildman–Crippen MR) is 89.1 cm³/mol. The van der Waals surface area contributed by atoms with Crippen LogP contribution in [0.25, 0.3) is 0 Å². The van der Waals surface area contributed by atoms with Crippen molar-refractivity contribution in [3.8, 4) is 0 Å². The second-order valence-electron chi connectivity index (χ2n) is 4.92. The molecule has 1 atom stereocenters. The minimum Gasteiger partial charge on any atom is -0.330 e. The maximum Gasteiger partial charge on any atom is 0.224 e. The Morgan fingerprint density at radius 3 is 2.80 bits per heavy atom. The van der Waals surface area contributed by atoms with Crippen molar-refractivity contribution < 1.29 is 4.79 Å². The molecule has 1 amide bonds. The Morgan fingerprint density at radius 1 is 1.40 bits per heavy atom. The topological polar surface area (TPSA) is 55.1 Å². The van der Waals surface area contributed by atoms with Gasteiger partial charge in [-0.15, -0.1) is 0 Å². The Bertz CT molecular complexity index is 434. The molecule has 5 heteroatoms. The summed E-state index contributed by atoms with van der Waals surface area (Å²) >= 11 is 9.37. The molecule has 1 unspecified atom stereocenters. The number of hydrogen-bond donors (Lipinski definition) is 2. The van der Waals surface area contributed by atoms with Crippen LogP contribution in [0.3, 0.4) is 0 Å². The van der Waals surface area contributed by atoms with Crippen LogP contribution in [-0.4, -0.2) is 12.5 Å². The largest absolute Gasteiger partial charge is 0.330 e. The van der Waals surface area contributed by atoms with Gasteiger partial charge in [-0.2, -0.15) is 0 Å². The number of nitrogens with two attached hydrogens (primary N) is 1. The van der Waals surface area contributed by atoms with Gasteiger partial charge in [0, 0.05) is 6.42 Å². The van der Waals surface area contributed by atoms with Crippen molar-refractivity contribution in [1.82, 2.24) is 0 Å². The monoisotopic (exact) mass is 360 g/mol. The van der Waals surface area contributed by atoms with E-state index in [4.69, 9.17) is 17.3 Å². The first-order chi connectivity index (χ1) is 9.58. The molecule has 0 aliphatic heterocycles. The number of halogens is 2. The third-order valence-electron chi connectivity index (χ3n) is 3.28. The molecule has 1 aromatic carbocycles. The Kier molecular flexibility index (Phi) is 8.19. The quantitative estimate of drug-likeness (QED) is 0.711. The molecule has 0 fully saturated rings. The summed E-state index contributed by atoms with van der Waals surface area (Å²) < 4.78 is 0.724. The van der Waals surface area contributed by atoms with E-state index in [1.165, 1.54) is 0 Å². The van der Waals surface area contributed by atoms with Crippen molar-refractivity contribution in [2.45, 2.75) is 39.0 Å². The van der Waals surface area contributed by atoms with Gasteiger partial charge in [0.05, 0.1) is 15.2 Å². The van der Waals surface area contributed by atoms with Gasteiger partial charge < -0.3 is 11.1 Å². The van der Waals surface area contributed by atoms with Crippen molar-refractivity contribution in [1.29, 1.82) is 0 Å². The second kappa shape index (κ2) is 9.37. The standard InChI is InChI=1S/C15H22BrClN2O/c1-2-4-11(9-10-18)7-8-14(20)19-13-6-3-5-12(17)15(13)16/h3,5-6,11H,2,4,7-10,18H2,1H3,(H,19,20). The molecular formula is C15H22BrClN2O. The number of anilines is 1. The summed E-state index contributed by atoms with van der Waals surface area (Å²) in [4.78, 5) is 12.0. The molecule has 1 aromatic rings. The number of carbonyl (C=O) groups excluding carboxylic acids is 1. The summed E-state index contributed by atoms with van der Waals surface area (Å²) in [5, 5.41) is 3.48. The van der Waals surface area contributed by atoms with E-state index in [-0.39, 0.29) is 5.91 Å². The van der Waals surface area contributed by atoms with Gasteiger partial charge in [0.15, 0.2) is 0 Å². The van der Waals surface area contributed by atoms with E-state index in [1.54, 1.807) is 6.07 Å². The number of amides is 1. The summed E-state index contributed by atoms with van der Waals surface area (Å²) in [5.74, 6) is 0.560. The first-order valence-electron chi connectivity index (χ1n) is 7.02. The zero-order valence-electron chi connectivity index (χ0n) is 11.8. The van der Waals surface area contributed by atoms with Gasteiger partial charge in [0.25, 0.3) is 0 Å². The van der Waals surface area contributed by atoms with Crippen molar-refractivity contribution >= 4 is 39.1 Å². The van der Waals surface area contributed by atoms with Crippen LogP contribution in [0.1, 0.15) is 39.0 Å². The van der Waals surface area contributed by atoms with Crippen molar-refractivity contribution in [2.75, 3.05) is 11.9 Å². The number of nitrogens with one attached hydrogen (secondary N) is 1. The molecule has 20 heavy (non-hydrogen) atoms. The van der Waals surface area contributed by atoms with Crippen molar-refractivity contribution in [3.05, 3.63) is 27.7 Å². The number of hydrogen-bond acceptors (Lipinski definition) is 2. The Labute approximate surface area is 134 Å². The van der Waals surface area contributed by atoms with E-state index in [2.05, 4.69) is 28.2 Å². The molecule has 3 N–H and O–H groups in total. The van der Waals surface area contributed by atoms with Crippen LogP contribution in [0.15, 0.2) is 22.7 Å². The molecule has 0 heterocycles. The SMILES string of the molecule is CCCC(CCN)CCC(=O)Nc1cccc(Cl)c1Br. The zero-order valence-corrected chi connectivity index (χ0v) is 14.1. The van der Waals surface area contributed by atoms with Gasteiger partial charge in [-0.3, -0.25) is 4.79 Å². The van der Waals surface area contributed by atoms with Crippen LogP contribution in [0.5, 0.6) is 0 Å². The highest BCUT2D eigenvalue weighted by atomic mass is 79.9. The first-order valence-corrected chi connectivity index (χ1v) is 8.19. The van der Waals surface area contributed by atoms with E-state index < -0.39 is 0 Å². The summed E-state index contributed by atoms with van der Waals surface area (Å²) in [6.45, 7) is 2.85. The normalized spacial score (nSPS) is 12.2. The lowest BCUT2D eigenvalue weighted by Crippen LogP contribution is -2.15. The summed E-state index contributed by atoms with van der Waals surface area (Å²) in [7, 11) is 0. The molecule has 0 aromatic heterocycles. The third-order valence-corrected chi connectivity index (χ3v) is 4.67. The highest BCUT2D eigenvalue weighted by molar-refractivity contribution is 9.10. The highest BCUT2D eigenvalue weighted by Gasteiger charge is 2.12. The van der Waals surface area contributed by atoms with Gasteiger partial charge in [-0.1, -0.05) is 37.4 Å². The van der Waals surface area contributed by atoms with E-state index in [0.29, 0.717) is 29.6 Å². The first kappa shape index (κ1) is 17.5. The molecule has 0 saturated carbocycles. The summed E-state index contributed by atoms with van der Waals surface area (Å²) in [6.07, 6.45) is 4.65. The van der Waals surface area contributed by atoms with E-state index >= 15 is 0 Å². The summed E-state index contributed by atoms with van der Waals surface area (Å²) in [6, 6.07) is 5.42. The van der Waals surface area contributed by atoms with Gasteiger partial charge in [-0.05, 0) is 53.4 Å². The van der Waals surface area contributed by atoms with Crippen LogP contribution in [0.4, 0.5) is 5.69 Å². The maximum absolute atomic E-state index is 12.0. The lowest BCUT2D eigenvalue weighted by atomic mass is 9.94. The molecule has 0 aliphatic carbocycles. The minimum atomic E-state index is 0.0195. The van der Waals surface area contributed by atoms with Gasteiger partial charge >= 0.3 is 0 Å². The zero-order chi connectivity index (χ0) is 15.0. The Morgan fingerprint density at radius 2 is 2.15 bits per heavy atom. The number of benzene rings is 1. The minimum absolute atomic E-state index is 0.0195. The Balaban J connectivity index is 2.48. The van der Waals surface area contributed by atoms with Crippen LogP contribution in [0.2, 0.25) is 5.02 Å². The average molecular weight is 362 g/mol. The number of rotatable bonds is 8. The third kappa shape index (κ3) is 5.81. The van der Waals surface area contributed by atoms with Gasteiger partial charge in [0.1, 0.15) is 0 Å². The lowest BCUT2D eigenvalue weighted by Gasteiger charge is -2.15. The summed E-state index contributed by atoms with van der Waals surface area (Å²) in [5.41, 5.74) is 6.32. The molecule has 0 radical (unpaired) electrons. The van der Waals surface area contributed by atoms with E-state index in [1.807, 2.05) is 12.1 Å². The van der Waals surface area contributed by atoms with Crippen LogP contribution < -0.4 is 11.1 Å².